The molecule has 0 aliphatic heterocycles. The quantitative estimate of drug-likeness (QED) is 0.604. The van der Waals surface area contributed by atoms with E-state index in [4.69, 9.17) is 4.74 Å². The maximum atomic E-state index is 6.00. The van der Waals surface area contributed by atoms with Crippen molar-refractivity contribution in [2.24, 2.45) is 5.92 Å². The smallest absolute Gasteiger partial charge is 0.119 e. The first-order chi connectivity index (χ1) is 9.80. The maximum Gasteiger partial charge on any atom is 0.119 e. The van der Waals surface area contributed by atoms with Crippen LogP contribution in [0.15, 0.2) is 24.3 Å². The molecular formula is C18H31NO. The summed E-state index contributed by atoms with van der Waals surface area (Å²) < 4.78 is 6.00. The Morgan fingerprint density at radius 2 is 1.90 bits per heavy atom. The largest absolute Gasteiger partial charge is 0.493 e. The van der Waals surface area contributed by atoms with E-state index in [0.717, 1.165) is 25.3 Å². The fourth-order valence-corrected chi connectivity index (χ4v) is 2.60. The van der Waals surface area contributed by atoms with Gasteiger partial charge in [-0.3, -0.25) is 0 Å². The highest BCUT2D eigenvalue weighted by Crippen LogP contribution is 2.19. The van der Waals surface area contributed by atoms with Crippen molar-refractivity contribution in [1.82, 2.24) is 5.32 Å². The van der Waals surface area contributed by atoms with Crippen molar-refractivity contribution in [2.45, 2.75) is 52.4 Å². The number of hydrogen-bond donors (Lipinski definition) is 1. The van der Waals surface area contributed by atoms with Crippen molar-refractivity contribution < 1.29 is 4.74 Å². The molecule has 0 radical (unpaired) electrons. The van der Waals surface area contributed by atoms with Gasteiger partial charge in [-0.1, -0.05) is 38.8 Å². The van der Waals surface area contributed by atoms with Gasteiger partial charge < -0.3 is 10.1 Å². The summed E-state index contributed by atoms with van der Waals surface area (Å²) in [5.74, 6) is 1.74. The molecule has 1 aromatic carbocycles. The zero-order valence-corrected chi connectivity index (χ0v) is 13.5. The van der Waals surface area contributed by atoms with Gasteiger partial charge in [-0.25, -0.2) is 0 Å². The molecule has 0 saturated heterocycles. The Bertz CT molecular complexity index is 345. The molecule has 0 amide bonds. The van der Waals surface area contributed by atoms with E-state index >= 15 is 0 Å². The zero-order valence-electron chi connectivity index (χ0n) is 13.5. The van der Waals surface area contributed by atoms with Crippen LogP contribution in [0.3, 0.4) is 0 Å². The van der Waals surface area contributed by atoms with Gasteiger partial charge in [-0.15, -0.1) is 0 Å². The molecule has 0 aliphatic carbocycles. The van der Waals surface area contributed by atoms with Gasteiger partial charge in [0.2, 0.25) is 0 Å². The highest BCUT2D eigenvalue weighted by atomic mass is 16.5. The molecular weight excluding hydrogens is 246 g/mol. The zero-order chi connectivity index (χ0) is 14.6. The Hall–Kier alpha value is -1.02. The molecule has 0 spiro atoms. The van der Waals surface area contributed by atoms with Crippen molar-refractivity contribution in [2.75, 3.05) is 20.2 Å². The number of hydrogen-bond acceptors (Lipinski definition) is 2. The van der Waals surface area contributed by atoms with Crippen LogP contribution in [0, 0.1) is 5.92 Å². The van der Waals surface area contributed by atoms with Crippen molar-refractivity contribution in [3.05, 3.63) is 29.8 Å². The predicted molar refractivity (Wildman–Crippen MR) is 87.5 cm³/mol. The van der Waals surface area contributed by atoms with Gasteiger partial charge in [0, 0.05) is 0 Å². The number of aryl methyl sites for hydroxylation is 1. The van der Waals surface area contributed by atoms with Gasteiger partial charge in [0.25, 0.3) is 0 Å². The van der Waals surface area contributed by atoms with Gasteiger partial charge in [-0.2, -0.15) is 0 Å². The molecule has 0 aromatic heterocycles. The third kappa shape index (κ3) is 6.95. The molecule has 0 atom stereocenters. The summed E-state index contributed by atoms with van der Waals surface area (Å²) in [5, 5.41) is 3.19. The first-order valence-corrected chi connectivity index (χ1v) is 8.16. The third-order valence-corrected chi connectivity index (χ3v) is 3.67. The van der Waals surface area contributed by atoms with Crippen molar-refractivity contribution in [1.29, 1.82) is 0 Å². The first-order valence-electron chi connectivity index (χ1n) is 8.16. The molecule has 0 unspecified atom stereocenters. The molecule has 114 valence electrons. The fraction of sp³-hybridized carbons (Fsp3) is 0.667. The van der Waals surface area contributed by atoms with Crippen molar-refractivity contribution in [3.8, 4) is 5.75 Å². The Balaban J connectivity index is 2.43. The first kappa shape index (κ1) is 17.0. The lowest BCUT2D eigenvalue weighted by atomic mass is 9.99. The molecule has 0 fully saturated rings. The molecule has 0 saturated carbocycles. The van der Waals surface area contributed by atoms with E-state index in [1.807, 2.05) is 7.05 Å². The van der Waals surface area contributed by atoms with Gasteiger partial charge in [-0.05, 0) is 62.9 Å². The summed E-state index contributed by atoms with van der Waals surface area (Å²) in [5.41, 5.74) is 1.38. The maximum absolute atomic E-state index is 6.00. The van der Waals surface area contributed by atoms with Gasteiger partial charge in [0.05, 0.1) is 6.61 Å². The molecule has 1 aromatic rings. The SMILES string of the molecule is CCCC(CCC)COc1cccc(CCCNC)c1. The van der Waals surface area contributed by atoms with E-state index in [-0.39, 0.29) is 0 Å². The van der Waals surface area contributed by atoms with E-state index in [0.29, 0.717) is 5.92 Å². The molecule has 2 nitrogen and oxygen atoms in total. The standard InChI is InChI=1S/C18H31NO/c1-4-8-17(9-5-2)15-20-18-12-6-10-16(14-18)11-7-13-19-3/h6,10,12,14,17,19H,4-5,7-9,11,13,15H2,1-3H3. The Labute approximate surface area is 124 Å². The molecule has 0 heterocycles. The minimum atomic E-state index is 0.706. The molecule has 0 bridgehead atoms. The van der Waals surface area contributed by atoms with E-state index < -0.39 is 0 Å². The summed E-state index contributed by atoms with van der Waals surface area (Å²) >= 11 is 0. The van der Waals surface area contributed by atoms with E-state index in [9.17, 15) is 0 Å². The van der Waals surface area contributed by atoms with E-state index in [1.165, 1.54) is 37.7 Å². The Morgan fingerprint density at radius 3 is 2.55 bits per heavy atom. The summed E-state index contributed by atoms with van der Waals surface area (Å²) in [6, 6.07) is 8.58. The summed E-state index contributed by atoms with van der Waals surface area (Å²) in [7, 11) is 2.00. The van der Waals surface area contributed by atoms with Crippen molar-refractivity contribution in [3.63, 3.8) is 0 Å². The summed E-state index contributed by atoms with van der Waals surface area (Å²) in [4.78, 5) is 0. The minimum Gasteiger partial charge on any atom is -0.493 e. The van der Waals surface area contributed by atoms with Crippen LogP contribution in [0.5, 0.6) is 5.75 Å². The second kappa shape index (κ2) is 10.7. The second-order valence-corrected chi connectivity index (χ2v) is 5.61. The van der Waals surface area contributed by atoms with Gasteiger partial charge in [0.1, 0.15) is 5.75 Å². The topological polar surface area (TPSA) is 21.3 Å². The molecule has 1 N–H and O–H groups in total. The molecule has 1 rings (SSSR count). The second-order valence-electron chi connectivity index (χ2n) is 5.61. The minimum absolute atomic E-state index is 0.706. The normalized spacial score (nSPS) is 11.0. The molecule has 20 heavy (non-hydrogen) atoms. The van der Waals surface area contributed by atoms with Crippen LogP contribution in [-0.2, 0) is 6.42 Å². The Morgan fingerprint density at radius 1 is 1.15 bits per heavy atom. The lowest BCUT2D eigenvalue weighted by Crippen LogP contribution is -2.12. The average molecular weight is 277 g/mol. The molecule has 2 heteroatoms. The lowest BCUT2D eigenvalue weighted by Gasteiger charge is -2.16. The van der Waals surface area contributed by atoms with Crippen LogP contribution in [0.1, 0.15) is 51.5 Å². The van der Waals surface area contributed by atoms with Crippen molar-refractivity contribution >= 4 is 0 Å². The highest BCUT2D eigenvalue weighted by molar-refractivity contribution is 5.28. The third-order valence-electron chi connectivity index (χ3n) is 3.67. The fourth-order valence-electron chi connectivity index (χ4n) is 2.60. The molecule has 0 aliphatic rings. The van der Waals surface area contributed by atoms with Gasteiger partial charge in [0.15, 0.2) is 0 Å². The average Bonchev–Trinajstić information content (AvgIpc) is 2.46. The van der Waals surface area contributed by atoms with Crippen LogP contribution in [0.2, 0.25) is 0 Å². The van der Waals surface area contributed by atoms with Gasteiger partial charge >= 0.3 is 0 Å². The van der Waals surface area contributed by atoms with Crippen LogP contribution < -0.4 is 10.1 Å². The number of ether oxygens (including phenoxy) is 1. The van der Waals surface area contributed by atoms with Crippen LogP contribution >= 0.6 is 0 Å². The highest BCUT2D eigenvalue weighted by Gasteiger charge is 2.08. The number of nitrogens with one attached hydrogen (secondary N) is 1. The predicted octanol–water partition coefficient (Wildman–Crippen LogP) is 4.43. The van der Waals surface area contributed by atoms with Crippen LogP contribution in [0.4, 0.5) is 0 Å². The number of rotatable bonds is 11. The van der Waals surface area contributed by atoms with E-state index in [1.54, 1.807) is 0 Å². The van der Waals surface area contributed by atoms with E-state index in [2.05, 4.69) is 43.4 Å². The number of benzene rings is 1. The summed E-state index contributed by atoms with van der Waals surface area (Å²) in [6.07, 6.45) is 7.33. The lowest BCUT2D eigenvalue weighted by molar-refractivity contribution is 0.229. The summed E-state index contributed by atoms with van der Waals surface area (Å²) in [6.45, 7) is 6.44. The van der Waals surface area contributed by atoms with Crippen LogP contribution in [-0.4, -0.2) is 20.2 Å². The van der Waals surface area contributed by atoms with Crippen LogP contribution in [0.25, 0.3) is 0 Å². The monoisotopic (exact) mass is 277 g/mol. The Kier molecular flexibility index (Phi) is 9.14.